The van der Waals surface area contributed by atoms with Crippen LogP contribution >= 0.6 is 31.9 Å². The summed E-state index contributed by atoms with van der Waals surface area (Å²) in [5.41, 5.74) is 52.6. The zero-order chi connectivity index (χ0) is 63.3. The lowest BCUT2D eigenvalue weighted by molar-refractivity contribution is -0.538. The number of hydrogen-bond donors (Lipinski definition) is 5. The Morgan fingerprint density at radius 2 is 0.609 bits per heavy atom. The van der Waals surface area contributed by atoms with E-state index in [0.29, 0.717) is 0 Å². The number of aromatic nitrogens is 6. The van der Waals surface area contributed by atoms with Crippen molar-refractivity contribution in [2.75, 3.05) is 45.5 Å². The Kier molecular flexibility index (Phi) is 25.4. The fourth-order valence-corrected chi connectivity index (χ4v) is 12.8. The van der Waals surface area contributed by atoms with E-state index in [9.17, 15) is 0 Å². The van der Waals surface area contributed by atoms with Gasteiger partial charge in [-0.15, -0.1) is 13.7 Å². The maximum absolute atomic E-state index is 6.41. The van der Waals surface area contributed by atoms with Gasteiger partial charge in [0.1, 0.15) is 33.1 Å². The quantitative estimate of drug-likeness (QED) is 0.0156. The van der Waals surface area contributed by atoms with Crippen LogP contribution in [0, 0.1) is 41.5 Å². The molecular weight excluding hydrogens is 1310 g/mol. The minimum absolute atomic E-state index is 0. The average molecular weight is 1400 g/mol. The van der Waals surface area contributed by atoms with Crippen molar-refractivity contribution in [3.63, 3.8) is 0 Å². The molecule has 0 bridgehead atoms. The van der Waals surface area contributed by atoms with Crippen LogP contribution < -0.4 is 66.8 Å². The molecule has 0 spiro atoms. The second-order valence-electron chi connectivity index (χ2n) is 24.2. The molecule has 0 saturated carbocycles. The largest absolute Gasteiger partial charge is 1.00 e. The van der Waals surface area contributed by atoms with E-state index in [4.69, 9.17) is 37.9 Å². The van der Waals surface area contributed by atoms with E-state index in [1.807, 2.05) is 70.2 Å². The molecule has 0 aliphatic heterocycles. The number of benzene rings is 9. The van der Waals surface area contributed by atoms with Crippen molar-refractivity contribution < 1.29 is 38.5 Å². The third-order valence-electron chi connectivity index (χ3n) is 17.4. The van der Waals surface area contributed by atoms with Crippen molar-refractivity contribution in [3.05, 3.63) is 203 Å². The van der Waals surface area contributed by atoms with Gasteiger partial charge in [0, 0.05) is 118 Å². The second-order valence-corrected chi connectivity index (χ2v) is 25.8. The van der Waals surface area contributed by atoms with Crippen molar-refractivity contribution in [1.82, 2.24) is 15.0 Å². The highest BCUT2D eigenvalue weighted by Crippen LogP contribution is 2.30. The standard InChI is InChI=1S/C49H51N7.C20H18N4.C8H16Br2.2ClH/c1-32-24-42-46(55(37-19-13-10-14-20-37)47-29-39(50)33(2)25-43(47)53-42)28-36(32)18-12-8-6-5-7-9-17-23-52-41-31-49-45(27-35(41)4)54-44-26-34(3)40(51)30-48(44)56(49)38-21-15-11-16-22-38;1-12-8-17-19(10-15(12)21)24(14-6-4-3-5-7-14)20-11-16(22)13(2)9-18(20)23-17;9-7-5-3-1-2-4-6-8-10;;/h10-11,13-16,19-22,24-31,50H,5-9,12,17-18,23H2,1-4H3,(H2,51,52);3-11H,1-2H3,(H3,21,22);1-8H2;2*1H/p+1. The number of aryl methyl sites for hydroxylation is 7. The fraction of sp³-hybridized carbons (Fsp3) is 0.299. The third-order valence-corrected chi connectivity index (χ3v) is 18.5. The van der Waals surface area contributed by atoms with Gasteiger partial charge in [-0.25, -0.2) is 15.0 Å². The number of nitrogen functional groups attached to an aromatic ring is 4. The smallest absolute Gasteiger partial charge is 0.239 e. The van der Waals surface area contributed by atoms with Crippen LogP contribution in [0.1, 0.15) is 122 Å². The Bertz CT molecular complexity index is 4220. The van der Waals surface area contributed by atoms with E-state index < -0.39 is 0 Å². The molecule has 15 heteroatoms. The molecule has 11 nitrogen and oxygen atoms in total. The first-order valence-electron chi connectivity index (χ1n) is 32.2. The molecule has 12 rings (SSSR count). The molecular formula is C77H88Br2Cl2N11+. The van der Waals surface area contributed by atoms with Crippen molar-refractivity contribution >= 4 is 126 Å². The number of fused-ring (bicyclic) bond motifs is 6. The summed E-state index contributed by atoms with van der Waals surface area (Å²) in [5.74, 6) is 0. The van der Waals surface area contributed by atoms with Crippen molar-refractivity contribution in [2.24, 2.45) is 0 Å². The molecule has 92 heavy (non-hydrogen) atoms. The predicted octanol–water partition coefficient (Wildman–Crippen LogP) is 12.0. The number of rotatable bonds is 21. The molecule has 9 aromatic carbocycles. The van der Waals surface area contributed by atoms with Crippen LogP contribution in [0.2, 0.25) is 0 Å². The summed E-state index contributed by atoms with van der Waals surface area (Å²) >= 11 is 6.85. The van der Waals surface area contributed by atoms with Crippen LogP contribution in [0.4, 0.5) is 28.4 Å². The molecule has 3 heterocycles. The first kappa shape index (κ1) is 70.2. The van der Waals surface area contributed by atoms with E-state index in [-0.39, 0.29) is 24.8 Å². The normalized spacial score (nSPS) is 11.1. The van der Waals surface area contributed by atoms with E-state index in [2.05, 4.69) is 186 Å². The molecule has 0 amide bonds. The molecule has 0 aliphatic carbocycles. The van der Waals surface area contributed by atoms with Gasteiger partial charge in [-0.05, 0) is 149 Å². The summed E-state index contributed by atoms with van der Waals surface area (Å²) in [6, 6.07) is 56.7. The van der Waals surface area contributed by atoms with Gasteiger partial charge in [0.2, 0.25) is 50.2 Å². The summed E-state index contributed by atoms with van der Waals surface area (Å²) in [6.07, 6.45) is 18.0. The van der Waals surface area contributed by atoms with E-state index >= 15 is 0 Å². The Morgan fingerprint density at radius 3 is 0.957 bits per heavy atom. The Labute approximate surface area is 572 Å². The van der Waals surface area contributed by atoms with E-state index in [1.54, 1.807) is 0 Å². The predicted molar refractivity (Wildman–Crippen MR) is 388 cm³/mol. The number of anilines is 5. The SMILES string of the molecule is BrCCCCCCCCBr.Cc1cc2nc3cc(C)c(CCCCCCCCCNc4cc5c(cc4C)nc4cc(C)c(N)cc4[n+]5-c4ccccc4)cc3[n+](-c3ccccc3)c2cc1N.Cc1cc2nc3cc(C)c(N)cc3[n+](-c3ccccc3)c2cc1N.[Cl-].[Cl-]. The highest BCUT2D eigenvalue weighted by molar-refractivity contribution is 9.09. The van der Waals surface area contributed by atoms with Crippen LogP contribution in [0.3, 0.4) is 0 Å². The summed E-state index contributed by atoms with van der Waals surface area (Å²) in [5, 5.41) is 6.09. The Hall–Kier alpha value is -7.68. The van der Waals surface area contributed by atoms with Gasteiger partial charge in [0.15, 0.2) is 0 Å². The first-order valence-corrected chi connectivity index (χ1v) is 34.4. The number of unbranched alkanes of at least 4 members (excludes halogenated alkanes) is 11. The van der Waals surface area contributed by atoms with Crippen LogP contribution in [-0.2, 0) is 6.42 Å². The molecule has 0 saturated heterocycles. The van der Waals surface area contributed by atoms with Crippen molar-refractivity contribution in [1.29, 1.82) is 0 Å². The van der Waals surface area contributed by atoms with Gasteiger partial charge in [-0.1, -0.05) is 144 Å². The van der Waals surface area contributed by atoms with Gasteiger partial charge in [0.25, 0.3) is 0 Å². The number of para-hydroxylation sites is 3. The van der Waals surface area contributed by atoms with Crippen LogP contribution in [0.25, 0.3) is 83.3 Å². The monoisotopic (exact) mass is 1390 g/mol. The molecule has 9 N–H and O–H groups in total. The van der Waals surface area contributed by atoms with E-state index in [0.717, 1.165) is 153 Å². The number of hydrogen-bond acceptors (Lipinski definition) is 8. The lowest BCUT2D eigenvalue weighted by Gasteiger charge is -2.12. The minimum Gasteiger partial charge on any atom is -1.00 e. The number of nitrogens with two attached hydrogens (primary N) is 4. The fourth-order valence-electron chi connectivity index (χ4n) is 12.1. The summed E-state index contributed by atoms with van der Waals surface area (Å²) in [7, 11) is 0. The Morgan fingerprint density at radius 1 is 0.326 bits per heavy atom. The molecule has 12 aromatic rings. The average Bonchev–Trinajstić information content (AvgIpc) is 0.784. The maximum Gasteiger partial charge on any atom is 0.239 e. The van der Waals surface area contributed by atoms with Gasteiger partial charge in [0.05, 0.1) is 0 Å². The van der Waals surface area contributed by atoms with Gasteiger partial charge >= 0.3 is 0 Å². The van der Waals surface area contributed by atoms with Crippen LogP contribution in [0.5, 0.6) is 0 Å². The molecule has 0 aliphatic rings. The lowest BCUT2D eigenvalue weighted by atomic mass is 9.99. The zero-order valence-corrected chi connectivity index (χ0v) is 58.8. The van der Waals surface area contributed by atoms with Crippen molar-refractivity contribution in [2.45, 2.75) is 131 Å². The number of nitrogens with zero attached hydrogens (tertiary/aromatic N) is 6. The lowest BCUT2D eigenvalue weighted by Crippen LogP contribution is -3.00. The minimum atomic E-state index is 0. The van der Waals surface area contributed by atoms with Gasteiger partial charge in [-0.2, -0.15) is 0 Å². The molecule has 0 fully saturated rings. The molecule has 0 unspecified atom stereocenters. The summed E-state index contributed by atoms with van der Waals surface area (Å²) in [4.78, 5) is 15.0. The maximum atomic E-state index is 6.41. The highest BCUT2D eigenvalue weighted by Gasteiger charge is 2.25. The summed E-state index contributed by atoms with van der Waals surface area (Å²) in [6.45, 7) is 13.4. The highest BCUT2D eigenvalue weighted by atomic mass is 79.9. The van der Waals surface area contributed by atoms with Gasteiger partial charge in [-0.3, -0.25) is 0 Å². The molecule has 478 valence electrons. The number of halogens is 4. The van der Waals surface area contributed by atoms with E-state index in [1.165, 1.54) is 104 Å². The molecule has 3 aromatic heterocycles. The van der Waals surface area contributed by atoms with Gasteiger partial charge < -0.3 is 53.1 Å². The van der Waals surface area contributed by atoms with Crippen LogP contribution in [-0.4, -0.2) is 32.2 Å². The van der Waals surface area contributed by atoms with Crippen molar-refractivity contribution in [3.8, 4) is 17.1 Å². The molecule has 0 radical (unpaired) electrons. The molecule has 0 atom stereocenters. The van der Waals surface area contributed by atoms with Crippen LogP contribution in [0.15, 0.2) is 164 Å². The number of nitrogens with one attached hydrogen (secondary N) is 1. The second kappa shape index (κ2) is 33.2. The topological polar surface area (TPSA) is 166 Å². The number of alkyl halides is 2. The third kappa shape index (κ3) is 16.7. The zero-order valence-electron chi connectivity index (χ0n) is 54.1. The Balaban J connectivity index is 0.000000248. The first-order chi connectivity index (χ1) is 43.7. The summed E-state index contributed by atoms with van der Waals surface area (Å²) < 4.78 is 6.78.